The van der Waals surface area contributed by atoms with Crippen LogP contribution >= 0.6 is 11.8 Å². The SMILES string of the molecule is O=C1CCSc2ccc(C(=O)OCC(=O)Nc3cccc4ccccc34)cc2N1. The van der Waals surface area contributed by atoms with Crippen molar-refractivity contribution in [1.29, 1.82) is 0 Å². The summed E-state index contributed by atoms with van der Waals surface area (Å²) in [5.74, 6) is -0.439. The first-order valence-corrected chi connectivity index (χ1v) is 10.1. The van der Waals surface area contributed by atoms with E-state index in [2.05, 4.69) is 10.6 Å². The number of ether oxygens (including phenoxy) is 1. The monoisotopic (exact) mass is 406 g/mol. The number of esters is 1. The van der Waals surface area contributed by atoms with Gasteiger partial charge in [0, 0.05) is 28.1 Å². The lowest BCUT2D eigenvalue weighted by molar-refractivity contribution is -0.119. The van der Waals surface area contributed by atoms with Gasteiger partial charge in [-0.3, -0.25) is 9.59 Å². The second kappa shape index (κ2) is 8.36. The largest absolute Gasteiger partial charge is 0.452 e. The second-order valence-electron chi connectivity index (χ2n) is 6.51. The molecule has 0 radical (unpaired) electrons. The van der Waals surface area contributed by atoms with E-state index in [4.69, 9.17) is 4.74 Å². The number of amides is 2. The van der Waals surface area contributed by atoms with E-state index < -0.39 is 18.5 Å². The van der Waals surface area contributed by atoms with Crippen molar-refractivity contribution in [2.24, 2.45) is 0 Å². The maximum absolute atomic E-state index is 12.3. The molecule has 7 heteroatoms. The van der Waals surface area contributed by atoms with E-state index in [1.54, 1.807) is 36.0 Å². The molecule has 0 bridgehead atoms. The molecule has 0 saturated heterocycles. The molecule has 0 fully saturated rings. The van der Waals surface area contributed by atoms with Crippen molar-refractivity contribution >= 4 is 51.7 Å². The van der Waals surface area contributed by atoms with Gasteiger partial charge in [0.15, 0.2) is 6.61 Å². The summed E-state index contributed by atoms with van der Waals surface area (Å²) in [5, 5.41) is 7.48. The van der Waals surface area contributed by atoms with Crippen molar-refractivity contribution in [2.45, 2.75) is 11.3 Å². The summed E-state index contributed by atoms with van der Waals surface area (Å²) in [6.45, 7) is -0.403. The molecule has 0 atom stereocenters. The molecular formula is C22H18N2O4S. The highest BCUT2D eigenvalue weighted by Crippen LogP contribution is 2.31. The fraction of sp³-hybridized carbons (Fsp3) is 0.136. The highest BCUT2D eigenvalue weighted by molar-refractivity contribution is 7.99. The van der Waals surface area contributed by atoms with E-state index in [1.807, 2.05) is 36.4 Å². The van der Waals surface area contributed by atoms with Crippen LogP contribution in [0, 0.1) is 0 Å². The van der Waals surface area contributed by atoms with E-state index in [-0.39, 0.29) is 11.5 Å². The Bertz CT molecular complexity index is 1110. The van der Waals surface area contributed by atoms with Crippen molar-refractivity contribution in [3.05, 3.63) is 66.2 Å². The smallest absolute Gasteiger partial charge is 0.338 e. The molecule has 4 rings (SSSR count). The summed E-state index contributed by atoms with van der Waals surface area (Å²) in [5.41, 5.74) is 1.53. The van der Waals surface area contributed by atoms with Gasteiger partial charge in [-0.05, 0) is 29.7 Å². The summed E-state index contributed by atoms with van der Waals surface area (Å²) in [7, 11) is 0. The molecule has 3 aromatic rings. The van der Waals surface area contributed by atoms with Crippen LogP contribution in [-0.4, -0.2) is 30.1 Å². The van der Waals surface area contributed by atoms with Gasteiger partial charge in [-0.25, -0.2) is 4.79 Å². The van der Waals surface area contributed by atoms with Crippen LogP contribution in [0.5, 0.6) is 0 Å². The molecule has 0 spiro atoms. The average molecular weight is 406 g/mol. The minimum Gasteiger partial charge on any atom is -0.452 e. The summed E-state index contributed by atoms with van der Waals surface area (Å²) >= 11 is 1.55. The lowest BCUT2D eigenvalue weighted by Crippen LogP contribution is -2.21. The Labute approximate surface area is 171 Å². The number of anilines is 2. The Kier molecular flexibility index (Phi) is 5.48. The molecule has 0 aromatic heterocycles. The van der Waals surface area contributed by atoms with E-state index in [1.165, 1.54) is 0 Å². The van der Waals surface area contributed by atoms with E-state index in [9.17, 15) is 14.4 Å². The molecule has 6 nitrogen and oxygen atoms in total. The maximum Gasteiger partial charge on any atom is 0.338 e. The van der Waals surface area contributed by atoms with Gasteiger partial charge in [-0.2, -0.15) is 0 Å². The number of carbonyl (C=O) groups excluding carboxylic acids is 3. The molecule has 0 aliphatic carbocycles. The van der Waals surface area contributed by atoms with E-state index >= 15 is 0 Å². The Balaban J connectivity index is 1.40. The standard InChI is InChI=1S/C22H18N2O4S/c25-20-10-11-29-19-9-8-15(12-18(19)24-20)22(27)28-13-21(26)23-17-7-3-5-14-4-1-2-6-16(14)17/h1-9,12H,10-11,13H2,(H,23,26)(H,24,25). The van der Waals surface area contributed by atoms with Crippen LogP contribution in [0.4, 0.5) is 11.4 Å². The summed E-state index contributed by atoms with van der Waals surface area (Å²) in [4.78, 5) is 37.2. The van der Waals surface area contributed by atoms with Gasteiger partial charge >= 0.3 is 5.97 Å². The van der Waals surface area contributed by atoms with Gasteiger partial charge in [0.05, 0.1) is 11.3 Å². The normalized spacial score (nSPS) is 13.2. The lowest BCUT2D eigenvalue weighted by atomic mass is 10.1. The third-order valence-electron chi connectivity index (χ3n) is 4.47. The minimum absolute atomic E-state index is 0.0868. The summed E-state index contributed by atoms with van der Waals surface area (Å²) in [6, 6.07) is 18.3. The molecule has 1 aliphatic rings. The highest BCUT2D eigenvalue weighted by Gasteiger charge is 2.17. The van der Waals surface area contributed by atoms with Crippen LogP contribution in [0.1, 0.15) is 16.8 Å². The van der Waals surface area contributed by atoms with Gasteiger partial charge in [-0.15, -0.1) is 11.8 Å². The summed E-state index contributed by atoms with van der Waals surface area (Å²) in [6.07, 6.45) is 0.424. The van der Waals surface area contributed by atoms with Crippen molar-refractivity contribution < 1.29 is 19.1 Å². The first-order chi connectivity index (χ1) is 14.1. The minimum atomic E-state index is -0.621. The molecule has 1 heterocycles. The zero-order valence-corrected chi connectivity index (χ0v) is 16.3. The van der Waals surface area contributed by atoms with Crippen LogP contribution in [-0.2, 0) is 14.3 Å². The Hall–Kier alpha value is -3.32. The molecular weight excluding hydrogens is 388 g/mol. The lowest BCUT2D eigenvalue weighted by Gasteiger charge is -2.10. The molecule has 2 amide bonds. The number of carbonyl (C=O) groups is 3. The number of benzene rings is 3. The van der Waals surface area contributed by atoms with Gasteiger partial charge in [-0.1, -0.05) is 36.4 Å². The fourth-order valence-electron chi connectivity index (χ4n) is 3.08. The fourth-order valence-corrected chi connectivity index (χ4v) is 4.02. The number of nitrogens with one attached hydrogen (secondary N) is 2. The van der Waals surface area contributed by atoms with E-state index in [0.29, 0.717) is 23.5 Å². The molecule has 1 aliphatic heterocycles. The van der Waals surface area contributed by atoms with Gasteiger partial charge in [0.1, 0.15) is 0 Å². The van der Waals surface area contributed by atoms with Crippen LogP contribution in [0.2, 0.25) is 0 Å². The van der Waals surface area contributed by atoms with Crippen LogP contribution in [0.15, 0.2) is 65.6 Å². The molecule has 29 heavy (non-hydrogen) atoms. The molecule has 3 aromatic carbocycles. The number of thioether (sulfide) groups is 1. The van der Waals surface area contributed by atoms with Crippen LogP contribution in [0.3, 0.4) is 0 Å². The molecule has 0 unspecified atom stereocenters. The van der Waals surface area contributed by atoms with Crippen molar-refractivity contribution in [1.82, 2.24) is 0 Å². The third-order valence-corrected chi connectivity index (χ3v) is 5.55. The van der Waals surface area contributed by atoms with Crippen LogP contribution < -0.4 is 10.6 Å². The van der Waals surface area contributed by atoms with Crippen LogP contribution in [0.25, 0.3) is 10.8 Å². The first-order valence-electron chi connectivity index (χ1n) is 9.11. The molecule has 2 N–H and O–H groups in total. The van der Waals surface area contributed by atoms with Gasteiger partial charge in [0.25, 0.3) is 5.91 Å². The highest BCUT2D eigenvalue weighted by atomic mass is 32.2. The third kappa shape index (κ3) is 4.41. The quantitative estimate of drug-likeness (QED) is 0.638. The Morgan fingerprint density at radius 2 is 1.90 bits per heavy atom. The molecule has 146 valence electrons. The van der Waals surface area contributed by atoms with Crippen molar-refractivity contribution in [2.75, 3.05) is 23.0 Å². The predicted molar refractivity (Wildman–Crippen MR) is 113 cm³/mol. The van der Waals surface area contributed by atoms with Gasteiger partial charge < -0.3 is 15.4 Å². The number of hydrogen-bond acceptors (Lipinski definition) is 5. The van der Waals surface area contributed by atoms with Crippen molar-refractivity contribution in [3.63, 3.8) is 0 Å². The Morgan fingerprint density at radius 3 is 2.79 bits per heavy atom. The topological polar surface area (TPSA) is 84.5 Å². The zero-order valence-electron chi connectivity index (χ0n) is 15.4. The average Bonchev–Trinajstić information content (AvgIpc) is 2.92. The van der Waals surface area contributed by atoms with Gasteiger partial charge in [0.2, 0.25) is 5.91 Å². The Morgan fingerprint density at radius 1 is 1.07 bits per heavy atom. The first kappa shape index (κ1) is 19.0. The molecule has 0 saturated carbocycles. The second-order valence-corrected chi connectivity index (χ2v) is 7.65. The zero-order chi connectivity index (χ0) is 20.2. The van der Waals surface area contributed by atoms with Crippen molar-refractivity contribution in [3.8, 4) is 0 Å². The maximum atomic E-state index is 12.3. The summed E-state index contributed by atoms with van der Waals surface area (Å²) < 4.78 is 5.15. The van der Waals surface area contributed by atoms with E-state index in [0.717, 1.165) is 15.7 Å². The number of fused-ring (bicyclic) bond motifs is 2. The predicted octanol–water partition coefficient (Wildman–Crippen LogP) is 4.07. The number of hydrogen-bond donors (Lipinski definition) is 2. The number of rotatable bonds is 4.